The highest BCUT2D eigenvalue weighted by Gasteiger charge is 2.09. The number of hydrogen-bond donors (Lipinski definition) is 2. The molecule has 82 valence electrons. The number of aromatic nitrogens is 2. The van der Waals surface area contributed by atoms with Crippen LogP contribution in [0.2, 0.25) is 0 Å². The minimum Gasteiger partial charge on any atom is -0.341 e. The number of hydrogen-bond acceptors (Lipinski definition) is 2. The van der Waals surface area contributed by atoms with Crippen molar-refractivity contribution in [2.24, 2.45) is 0 Å². The summed E-state index contributed by atoms with van der Waals surface area (Å²) in [4.78, 5) is 18.4. The fraction of sp³-hybridized carbons (Fsp3) is 0.167. The number of imidazole rings is 1. The SMILES string of the molecule is Cc1cccc(NC(=O)c2ncc[nH]2)c1C. The van der Waals surface area contributed by atoms with Crippen molar-refractivity contribution < 1.29 is 4.79 Å². The molecule has 1 aromatic carbocycles. The van der Waals surface area contributed by atoms with Crippen LogP contribution in [-0.4, -0.2) is 15.9 Å². The predicted octanol–water partition coefficient (Wildman–Crippen LogP) is 2.28. The van der Waals surface area contributed by atoms with Gasteiger partial charge in [-0.15, -0.1) is 0 Å². The van der Waals surface area contributed by atoms with Gasteiger partial charge in [-0.3, -0.25) is 4.79 Å². The second kappa shape index (κ2) is 4.18. The fourth-order valence-corrected chi connectivity index (χ4v) is 1.46. The Bertz CT molecular complexity index is 503. The summed E-state index contributed by atoms with van der Waals surface area (Å²) in [6, 6.07) is 5.81. The number of H-pyrrole nitrogens is 1. The lowest BCUT2D eigenvalue weighted by molar-refractivity contribution is 0.101. The van der Waals surface area contributed by atoms with Crippen LogP contribution in [0.15, 0.2) is 30.6 Å². The number of anilines is 1. The van der Waals surface area contributed by atoms with Gasteiger partial charge in [-0.2, -0.15) is 0 Å². The van der Waals surface area contributed by atoms with E-state index in [4.69, 9.17) is 0 Å². The Morgan fingerprint density at radius 1 is 1.38 bits per heavy atom. The molecule has 1 amide bonds. The molecule has 2 N–H and O–H groups in total. The number of nitrogens with one attached hydrogen (secondary N) is 2. The molecule has 0 aliphatic heterocycles. The number of rotatable bonds is 2. The molecule has 2 aromatic rings. The summed E-state index contributed by atoms with van der Waals surface area (Å²) in [5, 5.41) is 2.82. The van der Waals surface area contributed by atoms with Gasteiger partial charge in [-0.25, -0.2) is 4.98 Å². The van der Waals surface area contributed by atoms with Gasteiger partial charge in [0.2, 0.25) is 0 Å². The van der Waals surface area contributed by atoms with Crippen molar-refractivity contribution in [1.82, 2.24) is 9.97 Å². The van der Waals surface area contributed by atoms with Gasteiger partial charge in [0.1, 0.15) is 0 Å². The maximum absolute atomic E-state index is 11.7. The average Bonchev–Trinajstić information content (AvgIpc) is 2.78. The van der Waals surface area contributed by atoms with Gasteiger partial charge in [0.15, 0.2) is 5.82 Å². The summed E-state index contributed by atoms with van der Waals surface area (Å²) in [7, 11) is 0. The van der Waals surface area contributed by atoms with Crippen LogP contribution in [0.1, 0.15) is 21.7 Å². The molecule has 0 fully saturated rings. The average molecular weight is 215 g/mol. The zero-order valence-electron chi connectivity index (χ0n) is 9.24. The Labute approximate surface area is 93.7 Å². The molecular weight excluding hydrogens is 202 g/mol. The van der Waals surface area contributed by atoms with E-state index < -0.39 is 0 Å². The Balaban J connectivity index is 2.22. The maximum Gasteiger partial charge on any atom is 0.291 e. The third kappa shape index (κ3) is 1.95. The molecule has 1 aromatic heterocycles. The van der Waals surface area contributed by atoms with Gasteiger partial charge in [0.25, 0.3) is 5.91 Å². The summed E-state index contributed by atoms with van der Waals surface area (Å²) in [5.41, 5.74) is 3.04. The van der Waals surface area contributed by atoms with Gasteiger partial charge >= 0.3 is 0 Å². The van der Waals surface area contributed by atoms with Crippen LogP contribution in [0, 0.1) is 13.8 Å². The van der Waals surface area contributed by atoms with Crippen molar-refractivity contribution >= 4 is 11.6 Å². The van der Waals surface area contributed by atoms with E-state index in [0.29, 0.717) is 5.82 Å². The summed E-state index contributed by atoms with van der Waals surface area (Å²) in [6.07, 6.45) is 3.18. The lowest BCUT2D eigenvalue weighted by Gasteiger charge is -2.08. The number of aryl methyl sites for hydroxylation is 1. The molecule has 4 nitrogen and oxygen atoms in total. The number of carbonyl (C=O) groups is 1. The Kier molecular flexibility index (Phi) is 2.72. The molecule has 0 unspecified atom stereocenters. The van der Waals surface area contributed by atoms with E-state index in [2.05, 4.69) is 15.3 Å². The molecule has 0 spiro atoms. The lowest BCUT2D eigenvalue weighted by atomic mass is 10.1. The molecule has 0 saturated heterocycles. The number of carbonyl (C=O) groups excluding carboxylic acids is 1. The van der Waals surface area contributed by atoms with E-state index in [0.717, 1.165) is 16.8 Å². The molecule has 0 aliphatic rings. The van der Waals surface area contributed by atoms with Crippen LogP contribution in [0.4, 0.5) is 5.69 Å². The minimum atomic E-state index is -0.223. The quantitative estimate of drug-likeness (QED) is 0.807. The molecule has 2 rings (SSSR count). The minimum absolute atomic E-state index is 0.223. The van der Waals surface area contributed by atoms with Crippen molar-refractivity contribution in [3.05, 3.63) is 47.5 Å². The zero-order valence-corrected chi connectivity index (χ0v) is 9.24. The van der Waals surface area contributed by atoms with Crippen LogP contribution in [0.5, 0.6) is 0 Å². The summed E-state index contributed by atoms with van der Waals surface area (Å²) < 4.78 is 0. The highest BCUT2D eigenvalue weighted by atomic mass is 16.2. The molecule has 0 radical (unpaired) electrons. The van der Waals surface area contributed by atoms with Crippen LogP contribution in [0.25, 0.3) is 0 Å². The van der Waals surface area contributed by atoms with Gasteiger partial charge in [-0.05, 0) is 31.0 Å². The number of amides is 1. The highest BCUT2D eigenvalue weighted by molar-refractivity contribution is 6.02. The number of aromatic amines is 1. The molecule has 0 aliphatic carbocycles. The third-order valence-electron chi connectivity index (χ3n) is 2.57. The van der Waals surface area contributed by atoms with E-state index in [-0.39, 0.29) is 5.91 Å². The van der Waals surface area contributed by atoms with E-state index in [1.807, 2.05) is 32.0 Å². The first-order valence-electron chi connectivity index (χ1n) is 5.05. The monoisotopic (exact) mass is 215 g/mol. The summed E-state index contributed by atoms with van der Waals surface area (Å²) >= 11 is 0. The second-order valence-corrected chi connectivity index (χ2v) is 3.64. The molecule has 1 heterocycles. The Morgan fingerprint density at radius 3 is 2.88 bits per heavy atom. The van der Waals surface area contributed by atoms with Crippen LogP contribution < -0.4 is 5.32 Å². The first-order valence-corrected chi connectivity index (χ1v) is 5.05. The van der Waals surface area contributed by atoms with Crippen molar-refractivity contribution in [1.29, 1.82) is 0 Å². The van der Waals surface area contributed by atoms with Crippen molar-refractivity contribution in [3.63, 3.8) is 0 Å². The summed E-state index contributed by atoms with van der Waals surface area (Å²) in [6.45, 7) is 3.99. The number of benzene rings is 1. The molecular formula is C12H13N3O. The Morgan fingerprint density at radius 2 is 2.19 bits per heavy atom. The Hall–Kier alpha value is -2.10. The normalized spacial score (nSPS) is 10.1. The largest absolute Gasteiger partial charge is 0.341 e. The van der Waals surface area contributed by atoms with E-state index >= 15 is 0 Å². The van der Waals surface area contributed by atoms with Gasteiger partial charge < -0.3 is 10.3 Å². The number of nitrogens with zero attached hydrogens (tertiary/aromatic N) is 1. The second-order valence-electron chi connectivity index (χ2n) is 3.64. The molecule has 16 heavy (non-hydrogen) atoms. The van der Waals surface area contributed by atoms with Crippen LogP contribution in [0.3, 0.4) is 0 Å². The molecule has 0 saturated carbocycles. The van der Waals surface area contributed by atoms with Crippen molar-refractivity contribution in [2.45, 2.75) is 13.8 Å². The maximum atomic E-state index is 11.7. The lowest BCUT2D eigenvalue weighted by Crippen LogP contribution is -2.14. The van der Waals surface area contributed by atoms with E-state index in [1.165, 1.54) is 0 Å². The zero-order chi connectivity index (χ0) is 11.5. The smallest absolute Gasteiger partial charge is 0.291 e. The van der Waals surface area contributed by atoms with Crippen LogP contribution >= 0.6 is 0 Å². The fourth-order valence-electron chi connectivity index (χ4n) is 1.46. The summed E-state index contributed by atoms with van der Waals surface area (Å²) in [5.74, 6) is 0.0969. The van der Waals surface area contributed by atoms with Crippen molar-refractivity contribution in [3.8, 4) is 0 Å². The molecule has 0 bridgehead atoms. The first kappa shape index (κ1) is 10.4. The van der Waals surface area contributed by atoms with Gasteiger partial charge in [0.05, 0.1) is 0 Å². The van der Waals surface area contributed by atoms with Gasteiger partial charge in [0, 0.05) is 18.1 Å². The van der Waals surface area contributed by atoms with E-state index in [1.54, 1.807) is 12.4 Å². The predicted molar refractivity (Wildman–Crippen MR) is 62.5 cm³/mol. The van der Waals surface area contributed by atoms with E-state index in [9.17, 15) is 4.79 Å². The van der Waals surface area contributed by atoms with Crippen LogP contribution in [-0.2, 0) is 0 Å². The molecule has 4 heteroatoms. The molecule has 0 atom stereocenters. The third-order valence-corrected chi connectivity index (χ3v) is 2.57. The standard InChI is InChI=1S/C12H13N3O/c1-8-4-3-5-10(9(8)2)15-12(16)11-13-6-7-14-11/h3-7H,1-2H3,(H,13,14)(H,15,16). The first-order chi connectivity index (χ1) is 7.68. The highest BCUT2D eigenvalue weighted by Crippen LogP contribution is 2.18. The van der Waals surface area contributed by atoms with Gasteiger partial charge in [-0.1, -0.05) is 12.1 Å². The topological polar surface area (TPSA) is 57.8 Å². The van der Waals surface area contributed by atoms with Crippen molar-refractivity contribution in [2.75, 3.05) is 5.32 Å².